The molecule has 316 valence electrons. The second kappa shape index (κ2) is 21.1. The zero-order valence-corrected chi connectivity index (χ0v) is 34.3. The third-order valence-corrected chi connectivity index (χ3v) is 11.0. The normalized spacial score (nSPS) is 19.4. The molecular formula is C47H48N4O9S. The molecule has 3 amide bonds. The summed E-state index contributed by atoms with van der Waals surface area (Å²) < 4.78 is 38.3. The summed E-state index contributed by atoms with van der Waals surface area (Å²) in [4.78, 5) is 74.2. The van der Waals surface area contributed by atoms with Crippen LogP contribution in [-0.4, -0.2) is 71.8 Å². The van der Waals surface area contributed by atoms with Gasteiger partial charge in [-0.3, -0.25) is 33.5 Å². The van der Waals surface area contributed by atoms with Crippen molar-refractivity contribution in [2.24, 2.45) is 11.8 Å². The summed E-state index contributed by atoms with van der Waals surface area (Å²) in [6.07, 6.45) is 3.34. The summed E-state index contributed by atoms with van der Waals surface area (Å²) in [6.45, 7) is -0.338. The number of ether oxygens (including phenoxy) is 1. The van der Waals surface area contributed by atoms with Gasteiger partial charge in [0.1, 0.15) is 24.3 Å². The molecule has 5 aromatic rings. The van der Waals surface area contributed by atoms with Crippen molar-refractivity contribution in [2.75, 3.05) is 12.5 Å². The maximum Gasteiger partial charge on any atom is 0.283 e. The quantitative estimate of drug-likeness (QED) is 0.133. The first-order valence-corrected chi connectivity index (χ1v) is 21.7. The number of aryl methyl sites for hydroxylation is 1. The van der Waals surface area contributed by atoms with Crippen LogP contribution in [0.3, 0.4) is 0 Å². The van der Waals surface area contributed by atoms with Crippen LogP contribution in [0, 0.1) is 11.8 Å². The summed E-state index contributed by atoms with van der Waals surface area (Å²) in [5.41, 5.74) is 4.94. The number of nitrogens with one attached hydrogen (secondary N) is 3. The molecule has 14 heteroatoms. The Balaban J connectivity index is 1.35. The van der Waals surface area contributed by atoms with Gasteiger partial charge in [0, 0.05) is 43.5 Å². The SMILES string of the molecule is O=C1COc2ccc(cc2)C[C@@H](C(=O)NCS(=O)(=O)O)CC(=O)[C@H](CCc2ccccc2)NC(=O)[C@@H](Cc2ccc(-c3ccccc3)cc2)NC(=O)[C@H](Cc2ccncc2)C1. The number of aromatic nitrogens is 1. The molecule has 61 heavy (non-hydrogen) atoms. The largest absolute Gasteiger partial charge is 0.486 e. The number of fused-ring (bicyclic) bond motifs is 16. The van der Waals surface area contributed by atoms with E-state index in [2.05, 4.69) is 20.9 Å². The average molecular weight is 845 g/mol. The summed E-state index contributed by atoms with van der Waals surface area (Å²) >= 11 is 0. The van der Waals surface area contributed by atoms with Crippen molar-refractivity contribution in [1.29, 1.82) is 0 Å². The molecule has 4 aromatic carbocycles. The summed E-state index contributed by atoms with van der Waals surface area (Å²) in [7, 11) is -4.58. The molecule has 3 heterocycles. The van der Waals surface area contributed by atoms with Gasteiger partial charge >= 0.3 is 0 Å². The molecular weight excluding hydrogens is 797 g/mol. The minimum absolute atomic E-state index is 0.00401. The smallest absolute Gasteiger partial charge is 0.283 e. The number of hydrogen-bond donors (Lipinski definition) is 4. The molecule has 7 rings (SSSR count). The van der Waals surface area contributed by atoms with Gasteiger partial charge in [0.15, 0.2) is 11.6 Å². The molecule has 0 radical (unpaired) electrons. The van der Waals surface area contributed by atoms with Crippen LogP contribution in [0.15, 0.2) is 134 Å². The third-order valence-electron chi connectivity index (χ3n) is 10.5. The lowest BCUT2D eigenvalue weighted by Crippen LogP contribution is -2.54. The van der Waals surface area contributed by atoms with E-state index in [1.165, 1.54) is 0 Å². The van der Waals surface area contributed by atoms with Crippen LogP contribution in [0.1, 0.15) is 41.5 Å². The summed E-state index contributed by atoms with van der Waals surface area (Å²) in [5, 5.41) is 8.02. The van der Waals surface area contributed by atoms with E-state index in [1.54, 1.807) is 48.8 Å². The van der Waals surface area contributed by atoms with E-state index in [9.17, 15) is 36.9 Å². The van der Waals surface area contributed by atoms with Crippen molar-refractivity contribution in [3.8, 4) is 16.9 Å². The zero-order chi connectivity index (χ0) is 43.2. The molecule has 4 N–H and O–H groups in total. The standard InChI is InChI=1S/C47H48N4O9S/c52-40-28-38(26-35-21-23-48-24-22-35)46(55)51-43(27-34-11-16-37(17-12-34)36-9-5-2-6-10-36)47(56)50-42(20-15-32-7-3-1-4-8-32)44(53)29-39(45(54)49-31-61(57,58)59)25-33-13-18-41(19-14-33)60-30-40/h1-14,16-19,21-24,38-39,42-43H,15,20,25-31H2,(H,49,54)(H,50,56)(H,51,55)(H,57,58,59)/t38-,39-,42+,43-/m1/s1. The number of amides is 3. The highest BCUT2D eigenvalue weighted by molar-refractivity contribution is 7.85. The Kier molecular flexibility index (Phi) is 15.3. The Morgan fingerprint density at radius 1 is 0.689 bits per heavy atom. The van der Waals surface area contributed by atoms with Crippen LogP contribution in [-0.2, 0) is 59.8 Å². The number of ketones is 2. The summed E-state index contributed by atoms with van der Waals surface area (Å²) in [6, 6.07) is 34.4. The molecule has 0 fully saturated rings. The van der Waals surface area contributed by atoms with E-state index in [0.717, 1.165) is 27.8 Å². The van der Waals surface area contributed by atoms with Crippen molar-refractivity contribution in [3.63, 3.8) is 0 Å². The minimum atomic E-state index is -4.58. The van der Waals surface area contributed by atoms with Crippen LogP contribution in [0.4, 0.5) is 0 Å². The number of Topliss-reactive ketones (excluding diaryl/α,β-unsaturated/α-hetero) is 2. The van der Waals surface area contributed by atoms with E-state index < -0.39 is 69.8 Å². The van der Waals surface area contributed by atoms with E-state index in [-0.39, 0.29) is 44.5 Å². The van der Waals surface area contributed by atoms with Crippen LogP contribution >= 0.6 is 0 Å². The lowest BCUT2D eigenvalue weighted by Gasteiger charge is -2.26. The predicted octanol–water partition coefficient (Wildman–Crippen LogP) is 4.88. The van der Waals surface area contributed by atoms with Gasteiger partial charge in [-0.05, 0) is 83.3 Å². The molecule has 0 saturated carbocycles. The van der Waals surface area contributed by atoms with Crippen molar-refractivity contribution in [2.45, 2.75) is 57.0 Å². The number of nitrogens with zero attached hydrogens (tertiary/aromatic N) is 1. The molecule has 13 nitrogen and oxygen atoms in total. The highest BCUT2D eigenvalue weighted by atomic mass is 32.2. The Bertz CT molecular complexity index is 2380. The Hall–Kier alpha value is -6.51. The van der Waals surface area contributed by atoms with Crippen molar-refractivity contribution in [1.82, 2.24) is 20.9 Å². The van der Waals surface area contributed by atoms with Crippen molar-refractivity contribution in [3.05, 3.63) is 156 Å². The number of hydrogen-bond acceptors (Lipinski definition) is 9. The second-order valence-corrected chi connectivity index (χ2v) is 16.6. The van der Waals surface area contributed by atoms with E-state index >= 15 is 0 Å². The zero-order valence-electron chi connectivity index (χ0n) is 33.4. The molecule has 2 aliphatic rings. The number of rotatable bonds is 11. The molecule has 0 aliphatic carbocycles. The number of benzene rings is 4. The minimum Gasteiger partial charge on any atom is -0.486 e. The first-order chi connectivity index (χ1) is 29.4. The highest BCUT2D eigenvalue weighted by Crippen LogP contribution is 2.23. The lowest BCUT2D eigenvalue weighted by atomic mass is 9.89. The molecule has 0 saturated heterocycles. The van der Waals surface area contributed by atoms with Gasteiger partial charge in [0.05, 0.1) is 6.04 Å². The Morgan fingerprint density at radius 2 is 1.31 bits per heavy atom. The van der Waals surface area contributed by atoms with Crippen molar-refractivity contribution >= 4 is 39.4 Å². The summed E-state index contributed by atoms with van der Waals surface area (Å²) in [5.74, 6) is -5.53. The fourth-order valence-electron chi connectivity index (χ4n) is 7.25. The fraction of sp³-hybridized carbons (Fsp3) is 0.277. The van der Waals surface area contributed by atoms with Gasteiger partial charge < -0.3 is 20.7 Å². The Morgan fingerprint density at radius 3 is 1.98 bits per heavy atom. The molecule has 1 aromatic heterocycles. The lowest BCUT2D eigenvalue weighted by molar-refractivity contribution is -0.135. The van der Waals surface area contributed by atoms with Crippen LogP contribution in [0.2, 0.25) is 0 Å². The monoisotopic (exact) mass is 844 g/mol. The third kappa shape index (κ3) is 13.8. The fourth-order valence-corrected chi connectivity index (χ4v) is 7.58. The van der Waals surface area contributed by atoms with E-state index in [0.29, 0.717) is 17.7 Å². The predicted molar refractivity (Wildman–Crippen MR) is 229 cm³/mol. The van der Waals surface area contributed by atoms with Crippen LogP contribution < -0.4 is 20.7 Å². The molecule has 2 aliphatic heterocycles. The van der Waals surface area contributed by atoms with E-state index in [1.807, 2.05) is 84.9 Å². The number of carbonyl (C=O) groups excluding carboxylic acids is 5. The molecule has 4 atom stereocenters. The van der Waals surface area contributed by atoms with Crippen LogP contribution in [0.5, 0.6) is 5.75 Å². The first-order valence-electron chi connectivity index (χ1n) is 20.1. The van der Waals surface area contributed by atoms with Gasteiger partial charge in [0.2, 0.25) is 17.7 Å². The van der Waals surface area contributed by atoms with Gasteiger partial charge in [-0.25, -0.2) is 0 Å². The number of pyridine rings is 1. The average Bonchev–Trinajstić information content (AvgIpc) is 3.26. The maximum atomic E-state index is 14.5. The highest BCUT2D eigenvalue weighted by Gasteiger charge is 2.33. The van der Waals surface area contributed by atoms with Crippen molar-refractivity contribution < 1.29 is 41.7 Å². The Labute approximate surface area is 355 Å². The van der Waals surface area contributed by atoms with Gasteiger partial charge in [-0.1, -0.05) is 97.1 Å². The van der Waals surface area contributed by atoms with Crippen LogP contribution in [0.25, 0.3) is 11.1 Å². The number of carbonyl (C=O) groups is 5. The molecule has 0 spiro atoms. The van der Waals surface area contributed by atoms with Gasteiger partial charge in [-0.15, -0.1) is 0 Å². The maximum absolute atomic E-state index is 14.5. The van der Waals surface area contributed by atoms with Gasteiger partial charge in [0.25, 0.3) is 10.1 Å². The van der Waals surface area contributed by atoms with E-state index in [4.69, 9.17) is 4.74 Å². The van der Waals surface area contributed by atoms with Gasteiger partial charge in [-0.2, -0.15) is 8.42 Å². The molecule has 2 bridgehead atoms. The topological polar surface area (TPSA) is 198 Å². The molecule has 0 unspecified atom stereocenters. The first kappa shape index (κ1) is 44.1. The second-order valence-electron chi connectivity index (χ2n) is 15.2.